The summed E-state index contributed by atoms with van der Waals surface area (Å²) in [5.74, 6) is 0. The van der Waals surface area contributed by atoms with E-state index in [0.29, 0.717) is 6.42 Å². The van der Waals surface area contributed by atoms with Crippen LogP contribution in [0.2, 0.25) is 0 Å². The van der Waals surface area contributed by atoms with Gasteiger partial charge in [-0.3, -0.25) is 0 Å². The molecule has 3 N–H and O–H groups in total. The van der Waals surface area contributed by atoms with E-state index in [2.05, 4.69) is 0 Å². The summed E-state index contributed by atoms with van der Waals surface area (Å²) in [6.45, 7) is 1.82. The van der Waals surface area contributed by atoms with Gasteiger partial charge in [0.25, 0.3) is 0 Å². The average molecular weight is 148 g/mol. The summed E-state index contributed by atoms with van der Waals surface area (Å²) in [5.41, 5.74) is 0. The van der Waals surface area contributed by atoms with Gasteiger partial charge in [0.2, 0.25) is 0 Å². The fourth-order valence-corrected chi connectivity index (χ4v) is 1.07. The molecule has 4 atom stereocenters. The van der Waals surface area contributed by atoms with Crippen molar-refractivity contribution in [2.45, 2.75) is 37.9 Å². The summed E-state index contributed by atoms with van der Waals surface area (Å²) in [4.78, 5) is 0. The molecule has 1 aliphatic heterocycles. The van der Waals surface area contributed by atoms with E-state index in [1.807, 2.05) is 6.92 Å². The lowest BCUT2D eigenvalue weighted by atomic mass is 10.1. The Morgan fingerprint density at radius 1 is 1.20 bits per heavy atom. The number of ether oxygens (including phenoxy) is 1. The van der Waals surface area contributed by atoms with Gasteiger partial charge >= 0.3 is 0 Å². The van der Waals surface area contributed by atoms with Crippen LogP contribution in [0.25, 0.3) is 0 Å². The first-order valence-corrected chi connectivity index (χ1v) is 3.36. The van der Waals surface area contributed by atoms with Gasteiger partial charge in [0, 0.05) is 0 Å². The Hall–Kier alpha value is -0.160. The number of hydrogen-bond donors (Lipinski definition) is 3. The maximum Gasteiger partial charge on any atom is 0.183 e. The van der Waals surface area contributed by atoms with Gasteiger partial charge in [-0.25, -0.2) is 0 Å². The molecule has 1 heterocycles. The smallest absolute Gasteiger partial charge is 0.183 e. The van der Waals surface area contributed by atoms with Crippen LogP contribution in [0.4, 0.5) is 0 Å². The zero-order valence-corrected chi connectivity index (χ0v) is 5.77. The largest absolute Gasteiger partial charge is 0.387 e. The Kier molecular flexibility index (Phi) is 2.25. The molecular weight excluding hydrogens is 136 g/mol. The molecule has 1 saturated heterocycles. The standard InChI is InChI=1S/C6H12O4/c1-2-3-4(7)5(8)6(9)10-3/h3-9H,2H2,1H3/t3-,4+,5?,6+/m0/s1. The highest BCUT2D eigenvalue weighted by Crippen LogP contribution is 2.21. The lowest BCUT2D eigenvalue weighted by Crippen LogP contribution is -2.31. The van der Waals surface area contributed by atoms with E-state index in [9.17, 15) is 0 Å². The van der Waals surface area contributed by atoms with Crippen LogP contribution in [0.1, 0.15) is 13.3 Å². The van der Waals surface area contributed by atoms with Crippen molar-refractivity contribution in [1.82, 2.24) is 0 Å². The lowest BCUT2D eigenvalue weighted by Gasteiger charge is -2.10. The van der Waals surface area contributed by atoms with Crippen molar-refractivity contribution in [3.8, 4) is 0 Å². The third-order valence-corrected chi connectivity index (χ3v) is 1.74. The predicted octanol–water partition coefficient (Wildman–Crippen LogP) is -1.16. The highest BCUT2D eigenvalue weighted by molar-refractivity contribution is 4.84. The molecule has 0 aromatic carbocycles. The summed E-state index contributed by atoms with van der Waals surface area (Å²) in [5, 5.41) is 26.9. The van der Waals surface area contributed by atoms with Crippen LogP contribution in [0, 0.1) is 0 Å². The van der Waals surface area contributed by atoms with E-state index >= 15 is 0 Å². The molecule has 4 heteroatoms. The Labute approximate surface area is 59.1 Å². The van der Waals surface area contributed by atoms with Crippen molar-refractivity contribution in [1.29, 1.82) is 0 Å². The van der Waals surface area contributed by atoms with E-state index in [1.165, 1.54) is 0 Å². The van der Waals surface area contributed by atoms with Crippen molar-refractivity contribution in [2.24, 2.45) is 0 Å². The number of hydrogen-bond acceptors (Lipinski definition) is 4. The van der Waals surface area contributed by atoms with Crippen LogP contribution in [0.5, 0.6) is 0 Å². The van der Waals surface area contributed by atoms with Crippen molar-refractivity contribution in [2.75, 3.05) is 0 Å². The Morgan fingerprint density at radius 3 is 2.00 bits per heavy atom. The Morgan fingerprint density at radius 2 is 1.80 bits per heavy atom. The summed E-state index contributed by atoms with van der Waals surface area (Å²) in [6.07, 6.45) is -3.15. The molecule has 4 nitrogen and oxygen atoms in total. The molecule has 0 bridgehead atoms. The van der Waals surface area contributed by atoms with Crippen molar-refractivity contribution >= 4 is 0 Å². The third kappa shape index (κ3) is 1.15. The molecule has 0 aromatic rings. The highest BCUT2D eigenvalue weighted by atomic mass is 16.6. The minimum absolute atomic E-state index is 0.426. The predicted molar refractivity (Wildman–Crippen MR) is 33.2 cm³/mol. The molecule has 1 fully saturated rings. The molecule has 0 amide bonds. The topological polar surface area (TPSA) is 69.9 Å². The van der Waals surface area contributed by atoms with E-state index in [0.717, 1.165) is 0 Å². The first-order valence-electron chi connectivity index (χ1n) is 3.36. The molecule has 0 aliphatic carbocycles. The van der Waals surface area contributed by atoms with Crippen LogP contribution < -0.4 is 0 Å². The van der Waals surface area contributed by atoms with Crippen molar-refractivity contribution in [3.05, 3.63) is 0 Å². The van der Waals surface area contributed by atoms with Gasteiger partial charge < -0.3 is 20.1 Å². The molecule has 1 rings (SSSR count). The highest BCUT2D eigenvalue weighted by Gasteiger charge is 2.40. The molecule has 10 heavy (non-hydrogen) atoms. The summed E-state index contributed by atoms with van der Waals surface area (Å²) in [7, 11) is 0. The normalized spacial score (nSPS) is 48.0. The van der Waals surface area contributed by atoms with Gasteiger partial charge in [-0.2, -0.15) is 0 Å². The van der Waals surface area contributed by atoms with Crippen LogP contribution >= 0.6 is 0 Å². The molecule has 0 spiro atoms. The SMILES string of the molecule is CC[C@@H]1O[C@@H](O)C(O)[C@@H]1O. The minimum atomic E-state index is -1.22. The molecule has 1 aliphatic rings. The zero-order valence-electron chi connectivity index (χ0n) is 5.77. The van der Waals surface area contributed by atoms with Gasteiger partial charge in [0.1, 0.15) is 12.2 Å². The summed E-state index contributed by atoms with van der Waals surface area (Å²) >= 11 is 0. The molecule has 0 saturated carbocycles. The van der Waals surface area contributed by atoms with Crippen LogP contribution in [-0.2, 0) is 4.74 Å². The fourth-order valence-electron chi connectivity index (χ4n) is 1.07. The number of aliphatic hydroxyl groups excluding tert-OH is 3. The number of aliphatic hydroxyl groups is 3. The maximum absolute atomic E-state index is 9.09. The second-order valence-corrected chi connectivity index (χ2v) is 2.45. The van der Waals surface area contributed by atoms with Gasteiger partial charge in [-0.15, -0.1) is 0 Å². The zero-order chi connectivity index (χ0) is 7.72. The van der Waals surface area contributed by atoms with E-state index < -0.39 is 24.6 Å². The molecular formula is C6H12O4. The van der Waals surface area contributed by atoms with Crippen molar-refractivity contribution < 1.29 is 20.1 Å². The van der Waals surface area contributed by atoms with Crippen LogP contribution in [0.3, 0.4) is 0 Å². The summed E-state index contributed by atoms with van der Waals surface area (Å²) < 4.78 is 4.79. The quantitative estimate of drug-likeness (QED) is 0.438. The number of rotatable bonds is 1. The van der Waals surface area contributed by atoms with Gasteiger partial charge in [0.15, 0.2) is 6.29 Å². The first kappa shape index (κ1) is 7.94. The fraction of sp³-hybridized carbons (Fsp3) is 1.00. The molecule has 0 radical (unpaired) electrons. The van der Waals surface area contributed by atoms with Gasteiger partial charge in [-0.05, 0) is 6.42 Å². The molecule has 0 aromatic heterocycles. The lowest BCUT2D eigenvalue weighted by molar-refractivity contribution is -0.127. The Bertz CT molecular complexity index is 116. The second-order valence-electron chi connectivity index (χ2n) is 2.45. The second kappa shape index (κ2) is 2.84. The summed E-state index contributed by atoms with van der Waals surface area (Å²) in [6, 6.07) is 0. The molecule has 60 valence electrons. The minimum Gasteiger partial charge on any atom is -0.387 e. The van der Waals surface area contributed by atoms with Gasteiger partial charge in [0.05, 0.1) is 6.10 Å². The van der Waals surface area contributed by atoms with E-state index in [4.69, 9.17) is 20.1 Å². The maximum atomic E-state index is 9.09. The Balaban J connectivity index is 2.53. The average Bonchev–Trinajstić information content (AvgIpc) is 2.17. The third-order valence-electron chi connectivity index (χ3n) is 1.74. The van der Waals surface area contributed by atoms with Crippen LogP contribution in [-0.4, -0.2) is 39.9 Å². The monoisotopic (exact) mass is 148 g/mol. The van der Waals surface area contributed by atoms with Gasteiger partial charge in [-0.1, -0.05) is 6.92 Å². The van der Waals surface area contributed by atoms with E-state index in [1.54, 1.807) is 0 Å². The first-order chi connectivity index (χ1) is 4.66. The van der Waals surface area contributed by atoms with Crippen molar-refractivity contribution in [3.63, 3.8) is 0 Å². The molecule has 1 unspecified atom stereocenters. The van der Waals surface area contributed by atoms with Crippen LogP contribution in [0.15, 0.2) is 0 Å². The van der Waals surface area contributed by atoms with E-state index in [-0.39, 0.29) is 0 Å².